The molecule has 0 aromatic rings. The number of nitrogens with zero attached hydrogens (tertiary/aromatic N) is 1. The first-order valence-electron chi connectivity index (χ1n) is 6.34. The van der Waals surface area contributed by atoms with Gasteiger partial charge in [0.25, 0.3) is 0 Å². The monoisotopic (exact) mass is 261 g/mol. The predicted molar refractivity (Wildman–Crippen MR) is 76.2 cm³/mol. The van der Waals surface area contributed by atoms with Gasteiger partial charge in [-0.2, -0.15) is 0 Å². The summed E-state index contributed by atoms with van der Waals surface area (Å²) in [6.07, 6.45) is 0. The van der Waals surface area contributed by atoms with E-state index in [-0.39, 0.29) is 11.1 Å². The van der Waals surface area contributed by atoms with Crippen molar-refractivity contribution in [3.8, 4) is 0 Å². The smallest absolute Gasteiger partial charge is 0.386 e. The summed E-state index contributed by atoms with van der Waals surface area (Å²) in [5.74, 6) is 0. The normalized spacial score (nSPS) is 14.8. The van der Waals surface area contributed by atoms with Crippen molar-refractivity contribution in [2.24, 2.45) is 0 Å². The van der Waals surface area contributed by atoms with Gasteiger partial charge in [-0.05, 0) is 41.5 Å². The second-order valence-corrected chi connectivity index (χ2v) is 10.6. The van der Waals surface area contributed by atoms with E-state index in [9.17, 15) is 0 Å². The molecule has 0 spiro atoms. The molecule has 17 heavy (non-hydrogen) atoms. The fourth-order valence-corrected chi connectivity index (χ4v) is 6.80. The molecule has 0 aromatic carbocycles. The summed E-state index contributed by atoms with van der Waals surface area (Å²) in [7, 11) is 1.17. The van der Waals surface area contributed by atoms with Gasteiger partial charge in [-0.15, -0.1) is 0 Å². The average molecular weight is 261 g/mol. The van der Waals surface area contributed by atoms with Gasteiger partial charge in [-0.25, -0.2) is 0 Å². The Labute approximate surface area is 109 Å². The van der Waals surface area contributed by atoms with Crippen molar-refractivity contribution >= 4 is 8.72 Å². The summed E-state index contributed by atoms with van der Waals surface area (Å²) in [4.78, 5) is 0. The standard InChI is InChI=1S/C13H31NO2Si/c1-11(2)17(15-9,16-10)14(12(3,4)5)13(6,7)8/h11H,1-10H3. The van der Waals surface area contributed by atoms with Crippen molar-refractivity contribution in [2.75, 3.05) is 14.2 Å². The molecule has 0 unspecified atom stereocenters. The molecule has 0 aromatic heterocycles. The highest BCUT2D eigenvalue weighted by atomic mass is 28.4. The highest BCUT2D eigenvalue weighted by Crippen LogP contribution is 2.37. The fourth-order valence-electron chi connectivity index (χ4n) is 2.94. The molecule has 4 heteroatoms. The first-order valence-corrected chi connectivity index (χ1v) is 8.18. The van der Waals surface area contributed by atoms with Crippen LogP contribution in [0.2, 0.25) is 5.54 Å². The van der Waals surface area contributed by atoms with E-state index in [2.05, 4.69) is 60.0 Å². The van der Waals surface area contributed by atoms with Gasteiger partial charge in [0.2, 0.25) is 0 Å². The molecule has 0 heterocycles. The lowest BCUT2D eigenvalue weighted by molar-refractivity contribution is 0.0391. The maximum absolute atomic E-state index is 5.91. The van der Waals surface area contributed by atoms with Crippen molar-refractivity contribution in [3.05, 3.63) is 0 Å². The largest absolute Gasteiger partial charge is 0.430 e. The summed E-state index contributed by atoms with van der Waals surface area (Å²) < 4.78 is 14.3. The van der Waals surface area contributed by atoms with Crippen molar-refractivity contribution in [3.63, 3.8) is 0 Å². The van der Waals surface area contributed by atoms with Gasteiger partial charge >= 0.3 is 8.72 Å². The van der Waals surface area contributed by atoms with Crippen molar-refractivity contribution in [1.29, 1.82) is 0 Å². The lowest BCUT2D eigenvalue weighted by atomic mass is 10.0. The molecule has 0 atom stereocenters. The number of hydrogen-bond donors (Lipinski definition) is 0. The van der Waals surface area contributed by atoms with Crippen LogP contribution in [0, 0.1) is 0 Å². The zero-order chi connectivity index (χ0) is 14.1. The molecule has 0 amide bonds. The Morgan fingerprint density at radius 3 is 1.18 bits per heavy atom. The van der Waals surface area contributed by atoms with E-state index < -0.39 is 8.72 Å². The Morgan fingerprint density at radius 2 is 1.12 bits per heavy atom. The quantitative estimate of drug-likeness (QED) is 0.723. The third kappa shape index (κ3) is 3.53. The first kappa shape index (κ1) is 17.1. The van der Waals surface area contributed by atoms with Gasteiger partial charge in [-0.3, -0.25) is 4.57 Å². The van der Waals surface area contributed by atoms with Crippen LogP contribution in [-0.4, -0.2) is 38.6 Å². The Kier molecular flexibility index (Phi) is 5.42. The summed E-state index contributed by atoms with van der Waals surface area (Å²) in [6, 6.07) is 0. The van der Waals surface area contributed by atoms with Crippen LogP contribution in [0.4, 0.5) is 0 Å². The molecular weight excluding hydrogens is 230 g/mol. The maximum atomic E-state index is 5.91. The van der Waals surface area contributed by atoms with Crippen molar-refractivity contribution < 1.29 is 8.85 Å². The third-order valence-electron chi connectivity index (χ3n) is 2.97. The minimum absolute atomic E-state index is 0.0146. The second-order valence-electron chi connectivity index (χ2n) is 6.87. The van der Waals surface area contributed by atoms with E-state index in [0.29, 0.717) is 5.54 Å². The van der Waals surface area contributed by atoms with Crippen LogP contribution in [0.5, 0.6) is 0 Å². The van der Waals surface area contributed by atoms with Crippen LogP contribution in [0.1, 0.15) is 55.4 Å². The van der Waals surface area contributed by atoms with Crippen molar-refractivity contribution in [1.82, 2.24) is 4.57 Å². The van der Waals surface area contributed by atoms with Gasteiger partial charge in [0, 0.05) is 30.8 Å². The fraction of sp³-hybridized carbons (Fsp3) is 1.00. The maximum Gasteiger partial charge on any atom is 0.430 e. The lowest BCUT2D eigenvalue weighted by Gasteiger charge is -2.54. The van der Waals surface area contributed by atoms with E-state index in [1.54, 1.807) is 14.2 Å². The van der Waals surface area contributed by atoms with Gasteiger partial charge in [0.05, 0.1) is 0 Å². The second kappa shape index (κ2) is 5.39. The van der Waals surface area contributed by atoms with E-state index >= 15 is 0 Å². The van der Waals surface area contributed by atoms with Crippen LogP contribution in [-0.2, 0) is 8.85 Å². The van der Waals surface area contributed by atoms with Crippen LogP contribution in [0.15, 0.2) is 0 Å². The number of rotatable bonds is 4. The van der Waals surface area contributed by atoms with Gasteiger partial charge in [-0.1, -0.05) is 13.8 Å². The zero-order valence-corrected chi connectivity index (χ0v) is 14.3. The van der Waals surface area contributed by atoms with Crippen LogP contribution < -0.4 is 0 Å². The zero-order valence-electron chi connectivity index (χ0n) is 13.3. The van der Waals surface area contributed by atoms with Crippen LogP contribution in [0.3, 0.4) is 0 Å². The SMILES string of the molecule is CO[Si](OC)(C(C)C)N(C(C)(C)C)C(C)(C)C. The Balaban J connectivity index is 5.72. The first-order chi connectivity index (χ1) is 7.43. The molecular formula is C13H31NO2Si. The molecule has 0 rings (SSSR count). The summed E-state index contributed by atoms with van der Waals surface area (Å²) in [5, 5.41) is 0. The Bertz CT molecular complexity index is 223. The molecule has 0 saturated heterocycles. The molecule has 0 bridgehead atoms. The molecule has 0 aliphatic heterocycles. The summed E-state index contributed by atoms with van der Waals surface area (Å²) >= 11 is 0. The molecule has 0 fully saturated rings. The van der Waals surface area contributed by atoms with Gasteiger partial charge < -0.3 is 8.85 Å². The molecule has 3 nitrogen and oxygen atoms in total. The average Bonchev–Trinajstić information content (AvgIpc) is 2.09. The molecule has 0 radical (unpaired) electrons. The topological polar surface area (TPSA) is 21.7 Å². The van der Waals surface area contributed by atoms with E-state index in [4.69, 9.17) is 8.85 Å². The third-order valence-corrected chi connectivity index (χ3v) is 7.56. The minimum Gasteiger partial charge on any atom is -0.386 e. The van der Waals surface area contributed by atoms with Crippen LogP contribution in [0.25, 0.3) is 0 Å². The van der Waals surface area contributed by atoms with Gasteiger partial charge in [0.15, 0.2) is 0 Å². The van der Waals surface area contributed by atoms with Gasteiger partial charge in [0.1, 0.15) is 0 Å². The Hall–Kier alpha value is 0.0969. The van der Waals surface area contributed by atoms with E-state index in [1.165, 1.54) is 0 Å². The molecule has 0 aliphatic carbocycles. The van der Waals surface area contributed by atoms with E-state index in [1.807, 2.05) is 0 Å². The lowest BCUT2D eigenvalue weighted by Crippen LogP contribution is -2.71. The summed E-state index contributed by atoms with van der Waals surface area (Å²) in [5.41, 5.74) is 0.401. The van der Waals surface area contributed by atoms with Crippen molar-refractivity contribution in [2.45, 2.75) is 72.0 Å². The highest BCUT2D eigenvalue weighted by molar-refractivity contribution is 6.66. The minimum atomic E-state index is -2.39. The van der Waals surface area contributed by atoms with E-state index in [0.717, 1.165) is 0 Å². The molecule has 0 N–H and O–H groups in total. The number of hydrogen-bond acceptors (Lipinski definition) is 3. The van der Waals surface area contributed by atoms with Crippen LogP contribution >= 0.6 is 0 Å². The summed E-state index contributed by atoms with van der Waals surface area (Å²) in [6.45, 7) is 17.7. The predicted octanol–water partition coefficient (Wildman–Crippen LogP) is 3.53. The molecule has 0 saturated carbocycles. The highest BCUT2D eigenvalue weighted by Gasteiger charge is 2.55. The molecule has 104 valence electrons. The Morgan fingerprint density at radius 1 is 0.824 bits per heavy atom. The molecule has 0 aliphatic rings.